The van der Waals surface area contributed by atoms with E-state index in [9.17, 15) is 93.5 Å². The number of nitrogens with one attached hydrogen (secondary N) is 1. The van der Waals surface area contributed by atoms with Crippen molar-refractivity contribution in [3.05, 3.63) is 274 Å². The van der Waals surface area contributed by atoms with Gasteiger partial charge in [-0.15, -0.1) is 0 Å². The molecule has 17 N–H and O–H groups in total. The summed E-state index contributed by atoms with van der Waals surface area (Å²) in [6.07, 6.45) is 0. The van der Waals surface area contributed by atoms with E-state index >= 15 is 0 Å². The van der Waals surface area contributed by atoms with E-state index < -0.39 is 189 Å². The summed E-state index contributed by atoms with van der Waals surface area (Å²) in [6.45, 7) is 1.31. The lowest BCUT2D eigenvalue weighted by atomic mass is 9.97. The molecule has 0 atom stereocenters. The second kappa shape index (κ2) is 23.9. The van der Waals surface area contributed by atoms with Gasteiger partial charge in [-0.1, -0.05) is 104 Å². The minimum absolute atomic E-state index is 0.0337. The predicted octanol–water partition coefficient (Wildman–Crippen LogP) is -0.773. The number of H-pyrrole nitrogens is 1. The van der Waals surface area contributed by atoms with Gasteiger partial charge in [0.2, 0.25) is 0 Å². The largest absolute Gasteiger partial charge is 0.397 e. The highest BCUT2D eigenvalue weighted by Gasteiger charge is 2.31. The molecule has 16 aromatic rings. The van der Waals surface area contributed by atoms with Crippen LogP contribution in [0.15, 0.2) is 186 Å². The van der Waals surface area contributed by atoms with E-state index in [2.05, 4.69) is 11.6 Å². The lowest BCUT2D eigenvalue weighted by Gasteiger charge is -2.07. The molecule has 528 valence electrons. The molecule has 0 fully saturated rings. The van der Waals surface area contributed by atoms with E-state index in [1.807, 2.05) is 0 Å². The topological polar surface area (TPSA) is 580 Å². The van der Waals surface area contributed by atoms with Crippen molar-refractivity contribution in [1.29, 1.82) is 0 Å². The van der Waals surface area contributed by atoms with Gasteiger partial charge in [-0.05, 0) is 0 Å². The first-order valence-electron chi connectivity index (χ1n) is 31.4. The zero-order chi connectivity index (χ0) is 76.4. The third-order valence-electron chi connectivity index (χ3n) is 19.3. The normalized spacial score (nSPS) is 12.2. The lowest BCUT2D eigenvalue weighted by Crippen LogP contribution is -2.32. The number of anilines is 8. The van der Waals surface area contributed by atoms with E-state index in [0.717, 1.165) is 5.41 Å². The zero-order valence-electron chi connectivity index (χ0n) is 54.2. The van der Waals surface area contributed by atoms with Crippen molar-refractivity contribution in [3.8, 4) is 0 Å². The number of hydrogen-bond acceptors (Lipinski definition) is 28. The fourth-order valence-electron chi connectivity index (χ4n) is 14.2. The fourth-order valence-corrected chi connectivity index (χ4v) is 16.0. The molecule has 0 aliphatic rings. The van der Waals surface area contributed by atoms with Crippen LogP contribution >= 0.6 is 0 Å². The van der Waals surface area contributed by atoms with Crippen molar-refractivity contribution < 1.29 is 16.8 Å². The molecule has 12 aromatic carbocycles. The van der Waals surface area contributed by atoms with Gasteiger partial charge in [0, 0.05) is 68.1 Å². The summed E-state index contributed by atoms with van der Waals surface area (Å²) in [5.74, 6) is -2.20. The number of rotatable bonds is 10. The van der Waals surface area contributed by atoms with Crippen LogP contribution in [0.1, 0.15) is 0 Å². The molecule has 106 heavy (non-hydrogen) atoms. The van der Waals surface area contributed by atoms with Crippen molar-refractivity contribution in [1.82, 2.24) is 18.7 Å². The number of fused-ring (bicyclic) bond motifs is 12. The highest BCUT2D eigenvalue weighted by atomic mass is 32.2. The summed E-state index contributed by atoms with van der Waals surface area (Å²) >= 11 is 0. The number of nitrogens with zero attached hydrogens (tertiary/aromatic N) is 3. The first-order chi connectivity index (χ1) is 50.1. The van der Waals surface area contributed by atoms with Crippen LogP contribution in [0.4, 0.5) is 45.5 Å². The Hall–Kier alpha value is -14.3. The molecule has 0 saturated carbocycles. The van der Waals surface area contributed by atoms with E-state index in [-0.39, 0.29) is 130 Å². The van der Waals surface area contributed by atoms with Gasteiger partial charge in [0.15, 0.2) is 63.1 Å². The first-order valence-corrected chi connectivity index (χ1v) is 34.9. The standard InChI is InChI=1S/C36H24N6O10S.C20H15N3O6S.C16H9N3O4/c37-25-17-18(30(44)14-6-2-1-5-13(14)29(17)43)26(38)22-21(25)33(47)41(34(22)48)9-11-53(51,52)12-10-42-35(49)23-24(36(42)50)28(40)20-19(27(23)39)31(45)15-7-3-4-8-16(15)32(20)46;1-2-30(28,29)8-7-23-19(26)13-14(20(23)27)16(22)12-11(15(13)21)17(24)9-5-3-4-6-10(9)18(12)25;17-11-7-8(12(18)10-9(11)15(22)19-16(10)23)14(21)6-4-2-1-3-5(6)13(7)20/h1-8H,9-12,37-40H2;2-6H,1,7-8,21-22H2;1-4H,17-18H2,(H,19,22,23). The van der Waals surface area contributed by atoms with Crippen LogP contribution < -0.4 is 134 Å². The summed E-state index contributed by atoms with van der Waals surface area (Å²) < 4.78 is 51.7. The molecule has 0 radical (unpaired) electrons. The van der Waals surface area contributed by atoms with Gasteiger partial charge < -0.3 is 45.9 Å². The van der Waals surface area contributed by atoms with Crippen LogP contribution in [-0.2, 0) is 39.3 Å². The molecule has 16 rings (SSSR count). The number of aromatic amines is 1. The molecule has 0 saturated heterocycles. The van der Waals surface area contributed by atoms with Crippen molar-refractivity contribution >= 4 is 194 Å². The van der Waals surface area contributed by atoms with Crippen molar-refractivity contribution in [2.45, 2.75) is 19.6 Å². The summed E-state index contributed by atoms with van der Waals surface area (Å²) in [4.78, 5) is 210. The minimum atomic E-state index is -4.24. The van der Waals surface area contributed by atoms with Crippen LogP contribution in [-0.4, -0.2) is 52.8 Å². The Bertz CT molecular complexity index is 7440. The number of nitrogens with two attached hydrogens (primary N) is 8. The number of benzene rings is 12. The average molecular weight is 1470 g/mol. The monoisotopic (exact) mass is 1460 g/mol. The maximum Gasteiger partial charge on any atom is 0.263 e. The van der Waals surface area contributed by atoms with Gasteiger partial charge >= 0.3 is 0 Å². The molecule has 0 unspecified atom stereocenters. The third-order valence-corrected chi connectivity index (χ3v) is 22.2. The molecule has 0 spiro atoms. The van der Waals surface area contributed by atoms with Crippen LogP contribution in [0.5, 0.6) is 0 Å². The van der Waals surface area contributed by atoms with Gasteiger partial charge in [-0.3, -0.25) is 95.4 Å². The highest BCUT2D eigenvalue weighted by molar-refractivity contribution is 7.94. The second-order valence-electron chi connectivity index (χ2n) is 24.9. The second-order valence-corrected chi connectivity index (χ2v) is 29.3. The SMILES string of the molecule is C=CS(=O)(=O)CCn1c(=O)c2c(N)c3c(=O)c4ccccc4c(=O)c3c(N)c2c1=O.Nc1c2c(=O)[nH]c(=O)c2c(N)c2c(=O)c3ccccc3c(=O)c12.Nc1c2c(=O)c3ccccc3c(=O)c2c(N)c2c(=O)n(CCS(=O)(=O)CCn3c(=O)c4c(N)c5c(=O)c6ccccc6c(=O)c5c(N)c4c3=O)c(=O)c12. The minimum Gasteiger partial charge on any atom is -0.397 e. The highest BCUT2D eigenvalue weighted by Crippen LogP contribution is 2.36. The Morgan fingerprint density at radius 1 is 0.274 bits per heavy atom. The maximum absolute atomic E-state index is 13.5. The number of nitrogen functional groups attached to an aromatic ring is 8. The molecule has 4 heterocycles. The van der Waals surface area contributed by atoms with Gasteiger partial charge in [0.25, 0.3) is 44.5 Å². The Morgan fingerprint density at radius 2 is 0.443 bits per heavy atom. The van der Waals surface area contributed by atoms with E-state index in [4.69, 9.17) is 45.9 Å². The summed E-state index contributed by atoms with van der Waals surface area (Å²) in [5.41, 5.74) is 34.0. The number of aromatic nitrogens is 4. The fraction of sp³-hybridized carbons (Fsp3) is 0.0833. The molecular weight excluding hydrogens is 1420 g/mol. The lowest BCUT2D eigenvalue weighted by molar-refractivity contribution is 0.578. The Kier molecular flexibility index (Phi) is 15.5. The van der Waals surface area contributed by atoms with Gasteiger partial charge in [0.1, 0.15) is 0 Å². The predicted molar refractivity (Wildman–Crippen MR) is 412 cm³/mol. The van der Waals surface area contributed by atoms with Gasteiger partial charge in [-0.2, -0.15) is 0 Å². The van der Waals surface area contributed by atoms with Crippen molar-refractivity contribution in [2.75, 3.05) is 63.1 Å². The molecule has 32 nitrogen and oxygen atoms in total. The van der Waals surface area contributed by atoms with Gasteiger partial charge in [-0.25, -0.2) is 16.8 Å². The molecule has 4 aromatic heterocycles. The van der Waals surface area contributed by atoms with E-state index in [1.165, 1.54) is 72.8 Å². The Morgan fingerprint density at radius 3 is 0.623 bits per heavy atom. The summed E-state index contributed by atoms with van der Waals surface area (Å²) in [5, 5.41) is -3.16. The molecule has 0 aliphatic carbocycles. The zero-order valence-corrected chi connectivity index (χ0v) is 55.8. The van der Waals surface area contributed by atoms with Crippen LogP contribution in [0.2, 0.25) is 0 Å². The summed E-state index contributed by atoms with van der Waals surface area (Å²) in [7, 11) is -7.92. The smallest absolute Gasteiger partial charge is 0.263 e. The van der Waals surface area contributed by atoms with Crippen LogP contribution in [0, 0.1) is 0 Å². The average Bonchev–Trinajstić information content (AvgIpc) is 1.43. The molecule has 0 amide bonds. The van der Waals surface area contributed by atoms with Crippen molar-refractivity contribution in [2.24, 2.45) is 0 Å². The third kappa shape index (κ3) is 9.64. The number of hydrogen-bond donors (Lipinski definition) is 9. The Labute approximate surface area is 583 Å². The maximum atomic E-state index is 13.5. The molecule has 34 heteroatoms. The Balaban J connectivity index is 0.000000149. The quantitative estimate of drug-likeness (QED) is 0.0461. The van der Waals surface area contributed by atoms with Gasteiger partial charge in [0.05, 0.1) is 149 Å². The number of sulfone groups is 2. The van der Waals surface area contributed by atoms with E-state index in [0.29, 0.717) is 13.7 Å². The van der Waals surface area contributed by atoms with E-state index in [1.54, 1.807) is 24.3 Å². The van der Waals surface area contributed by atoms with Crippen molar-refractivity contribution in [3.63, 3.8) is 0 Å². The van der Waals surface area contributed by atoms with Crippen LogP contribution in [0.25, 0.3) is 129 Å². The molecule has 0 bridgehead atoms. The summed E-state index contributed by atoms with van der Waals surface area (Å²) in [6, 6.07) is 24.1. The molecule has 0 aliphatic heterocycles. The van der Waals surface area contributed by atoms with Crippen LogP contribution in [0.3, 0.4) is 0 Å². The first kappa shape index (κ1) is 68.8. The molecular formula is C72H48N12O20S2.